The van der Waals surface area contributed by atoms with Gasteiger partial charge in [0.15, 0.2) is 5.82 Å². The van der Waals surface area contributed by atoms with Gasteiger partial charge in [0.2, 0.25) is 0 Å². The fourth-order valence-corrected chi connectivity index (χ4v) is 2.78. The van der Waals surface area contributed by atoms with E-state index >= 15 is 0 Å². The molecular formula is C16H20N4. The molecule has 0 saturated carbocycles. The maximum atomic E-state index is 6.10. The van der Waals surface area contributed by atoms with Gasteiger partial charge in [-0.05, 0) is 18.9 Å². The van der Waals surface area contributed by atoms with E-state index in [4.69, 9.17) is 10.8 Å². The van der Waals surface area contributed by atoms with Gasteiger partial charge in [-0.15, -0.1) is 0 Å². The average Bonchev–Trinajstić information content (AvgIpc) is 2.84. The van der Waals surface area contributed by atoms with Crippen LogP contribution in [0.1, 0.15) is 32.4 Å². The van der Waals surface area contributed by atoms with Gasteiger partial charge in [0.1, 0.15) is 5.52 Å². The molecule has 0 amide bonds. The lowest BCUT2D eigenvalue weighted by molar-refractivity contribution is 0.556. The first-order valence-electron chi connectivity index (χ1n) is 7.29. The Bertz CT molecular complexity index is 758. The summed E-state index contributed by atoms with van der Waals surface area (Å²) < 4.78 is 2.11. The van der Waals surface area contributed by atoms with E-state index in [-0.39, 0.29) is 0 Å². The molecule has 104 valence electrons. The molecule has 2 aromatic heterocycles. The van der Waals surface area contributed by atoms with E-state index in [1.165, 1.54) is 11.1 Å². The minimum atomic E-state index is 0.531. The van der Waals surface area contributed by atoms with Gasteiger partial charge < -0.3 is 5.73 Å². The summed E-state index contributed by atoms with van der Waals surface area (Å²) in [6.07, 6.45) is 3.24. The standard InChI is InChI=1S/C16H20N4/c1-3-5-10-20-13(4-2)14-11-8-6-7-9-12(11)18-16(17)15(14)19-20/h6-9H,3-5,10H2,1-2H3,(H2,17,18). The first kappa shape index (κ1) is 12.9. The fraction of sp³-hybridized carbons (Fsp3) is 0.375. The molecule has 3 rings (SSSR count). The smallest absolute Gasteiger partial charge is 0.152 e. The van der Waals surface area contributed by atoms with Gasteiger partial charge in [0, 0.05) is 23.0 Å². The largest absolute Gasteiger partial charge is 0.382 e. The number of para-hydroxylation sites is 1. The molecule has 0 aliphatic carbocycles. The molecule has 0 radical (unpaired) electrons. The first-order valence-corrected chi connectivity index (χ1v) is 7.29. The molecule has 2 heterocycles. The topological polar surface area (TPSA) is 56.7 Å². The van der Waals surface area contributed by atoms with Gasteiger partial charge >= 0.3 is 0 Å². The zero-order valence-electron chi connectivity index (χ0n) is 12.1. The summed E-state index contributed by atoms with van der Waals surface area (Å²) in [5, 5.41) is 7.02. The second-order valence-electron chi connectivity index (χ2n) is 5.11. The van der Waals surface area contributed by atoms with Crippen molar-refractivity contribution in [1.82, 2.24) is 14.8 Å². The fourth-order valence-electron chi connectivity index (χ4n) is 2.78. The van der Waals surface area contributed by atoms with Crippen molar-refractivity contribution in [2.45, 2.75) is 39.7 Å². The van der Waals surface area contributed by atoms with Gasteiger partial charge in [-0.3, -0.25) is 4.68 Å². The highest BCUT2D eigenvalue weighted by atomic mass is 15.3. The molecule has 0 unspecified atom stereocenters. The number of aromatic nitrogens is 3. The van der Waals surface area contributed by atoms with Gasteiger partial charge in [-0.25, -0.2) is 4.98 Å². The van der Waals surface area contributed by atoms with Crippen LogP contribution in [-0.2, 0) is 13.0 Å². The third-order valence-electron chi connectivity index (χ3n) is 3.77. The van der Waals surface area contributed by atoms with Gasteiger partial charge in [-0.1, -0.05) is 38.5 Å². The molecule has 0 aliphatic heterocycles. The van der Waals surface area contributed by atoms with Crippen LogP contribution in [-0.4, -0.2) is 14.8 Å². The Balaban J connectivity index is 2.35. The predicted molar refractivity (Wildman–Crippen MR) is 83.7 cm³/mol. The van der Waals surface area contributed by atoms with Crippen LogP contribution in [0.15, 0.2) is 24.3 Å². The number of hydrogen-bond acceptors (Lipinski definition) is 3. The maximum Gasteiger partial charge on any atom is 0.152 e. The predicted octanol–water partition coefficient (Wildman–Crippen LogP) is 3.53. The number of hydrogen-bond donors (Lipinski definition) is 1. The zero-order chi connectivity index (χ0) is 14.1. The molecule has 0 aliphatic rings. The highest BCUT2D eigenvalue weighted by Gasteiger charge is 2.15. The molecule has 0 bridgehead atoms. The lowest BCUT2D eigenvalue weighted by Gasteiger charge is -2.05. The number of nitrogens with zero attached hydrogens (tertiary/aromatic N) is 3. The average molecular weight is 268 g/mol. The van der Waals surface area contributed by atoms with Crippen LogP contribution in [0.2, 0.25) is 0 Å². The Morgan fingerprint density at radius 1 is 1.20 bits per heavy atom. The quantitative estimate of drug-likeness (QED) is 0.787. The van der Waals surface area contributed by atoms with Crippen molar-refractivity contribution in [3.63, 3.8) is 0 Å². The Morgan fingerprint density at radius 3 is 2.75 bits per heavy atom. The lowest BCUT2D eigenvalue weighted by atomic mass is 10.1. The van der Waals surface area contributed by atoms with E-state index in [0.29, 0.717) is 5.82 Å². The highest BCUT2D eigenvalue weighted by Crippen LogP contribution is 2.30. The molecule has 0 fully saturated rings. The van der Waals surface area contributed by atoms with Crippen molar-refractivity contribution in [2.24, 2.45) is 0 Å². The van der Waals surface area contributed by atoms with Crippen LogP contribution >= 0.6 is 0 Å². The summed E-state index contributed by atoms with van der Waals surface area (Å²) >= 11 is 0. The number of rotatable bonds is 4. The summed E-state index contributed by atoms with van der Waals surface area (Å²) in [5.74, 6) is 0.531. The number of pyridine rings is 1. The Morgan fingerprint density at radius 2 is 2.00 bits per heavy atom. The molecule has 4 nitrogen and oxygen atoms in total. The maximum absolute atomic E-state index is 6.10. The monoisotopic (exact) mass is 268 g/mol. The summed E-state index contributed by atoms with van der Waals surface area (Å²) in [6, 6.07) is 8.15. The molecule has 0 spiro atoms. The van der Waals surface area contributed by atoms with Crippen LogP contribution < -0.4 is 5.73 Å². The minimum absolute atomic E-state index is 0.531. The van der Waals surface area contributed by atoms with Crippen molar-refractivity contribution in [1.29, 1.82) is 0 Å². The van der Waals surface area contributed by atoms with Gasteiger partial charge in [-0.2, -0.15) is 5.10 Å². The number of aryl methyl sites for hydroxylation is 2. The Hall–Kier alpha value is -2.10. The zero-order valence-corrected chi connectivity index (χ0v) is 12.1. The van der Waals surface area contributed by atoms with Gasteiger partial charge in [0.25, 0.3) is 0 Å². The van der Waals surface area contributed by atoms with Crippen LogP contribution in [0.3, 0.4) is 0 Å². The van der Waals surface area contributed by atoms with Crippen molar-refractivity contribution in [2.75, 3.05) is 5.73 Å². The third-order valence-corrected chi connectivity index (χ3v) is 3.77. The number of nitrogen functional groups attached to an aromatic ring is 1. The van der Waals surface area contributed by atoms with Gasteiger partial charge in [0.05, 0.1) is 5.52 Å². The number of anilines is 1. The SMILES string of the molecule is CCCCn1nc2c(N)nc3ccccc3c2c1CC. The van der Waals surface area contributed by atoms with E-state index in [0.717, 1.165) is 42.2 Å². The molecule has 3 aromatic rings. The normalized spacial score (nSPS) is 11.5. The molecule has 0 saturated heterocycles. The highest BCUT2D eigenvalue weighted by molar-refractivity contribution is 6.09. The molecular weight excluding hydrogens is 248 g/mol. The number of fused-ring (bicyclic) bond motifs is 3. The van der Waals surface area contributed by atoms with E-state index in [2.05, 4.69) is 29.6 Å². The van der Waals surface area contributed by atoms with Crippen LogP contribution in [0.4, 0.5) is 5.82 Å². The minimum Gasteiger partial charge on any atom is -0.382 e. The number of benzene rings is 1. The summed E-state index contributed by atoms with van der Waals surface area (Å²) in [4.78, 5) is 4.47. The van der Waals surface area contributed by atoms with E-state index < -0.39 is 0 Å². The van der Waals surface area contributed by atoms with E-state index in [9.17, 15) is 0 Å². The second-order valence-corrected chi connectivity index (χ2v) is 5.11. The van der Waals surface area contributed by atoms with Crippen molar-refractivity contribution >= 4 is 27.6 Å². The molecule has 20 heavy (non-hydrogen) atoms. The second kappa shape index (κ2) is 5.12. The Labute approximate surface area is 118 Å². The van der Waals surface area contributed by atoms with Crippen LogP contribution in [0.25, 0.3) is 21.8 Å². The Kier molecular flexibility index (Phi) is 3.30. The van der Waals surface area contributed by atoms with Crippen LogP contribution in [0, 0.1) is 0 Å². The molecule has 2 N–H and O–H groups in total. The van der Waals surface area contributed by atoms with Crippen molar-refractivity contribution in [3.8, 4) is 0 Å². The van der Waals surface area contributed by atoms with Crippen LogP contribution in [0.5, 0.6) is 0 Å². The van der Waals surface area contributed by atoms with E-state index in [1.54, 1.807) is 0 Å². The molecule has 4 heteroatoms. The van der Waals surface area contributed by atoms with Crippen molar-refractivity contribution in [3.05, 3.63) is 30.0 Å². The summed E-state index contributed by atoms with van der Waals surface area (Å²) in [5.41, 5.74) is 9.15. The van der Waals surface area contributed by atoms with E-state index in [1.807, 2.05) is 18.2 Å². The number of nitrogens with two attached hydrogens (primary N) is 1. The molecule has 1 aromatic carbocycles. The van der Waals surface area contributed by atoms with Crippen molar-refractivity contribution < 1.29 is 0 Å². The lowest BCUT2D eigenvalue weighted by Crippen LogP contribution is -2.04. The summed E-state index contributed by atoms with van der Waals surface area (Å²) in [7, 11) is 0. The molecule has 0 atom stereocenters. The summed E-state index contributed by atoms with van der Waals surface area (Å²) in [6.45, 7) is 5.31. The third kappa shape index (κ3) is 1.92. The first-order chi connectivity index (χ1) is 9.76. The number of unbranched alkanes of at least 4 members (excludes halogenated alkanes) is 1.